The zero-order valence-corrected chi connectivity index (χ0v) is 13.3. The molecule has 1 amide bonds. The van der Waals surface area contributed by atoms with Crippen molar-refractivity contribution in [2.24, 2.45) is 0 Å². The number of hydrogen-bond acceptors (Lipinski definition) is 1. The number of alkyl halides is 1. The van der Waals surface area contributed by atoms with Crippen LogP contribution in [0, 0.1) is 0 Å². The van der Waals surface area contributed by atoms with Crippen LogP contribution in [-0.4, -0.2) is 17.3 Å². The molecule has 1 N–H and O–H groups in total. The molecule has 0 aliphatic heterocycles. The highest BCUT2D eigenvalue weighted by Gasteiger charge is 2.09. The van der Waals surface area contributed by atoms with Gasteiger partial charge in [0.05, 0.1) is 16.5 Å². The molecule has 1 unspecified atom stereocenters. The topological polar surface area (TPSA) is 29.1 Å². The number of benzene rings is 1. The van der Waals surface area contributed by atoms with E-state index in [4.69, 9.17) is 23.2 Å². The molecule has 1 rings (SSSR count). The number of nitrogens with one attached hydrogen (secondary N) is 1. The SMILES string of the molecule is CC(CCCBr)NC(=O)Cc1ccc(Cl)c(Cl)c1. The van der Waals surface area contributed by atoms with E-state index in [1.807, 2.05) is 13.0 Å². The van der Waals surface area contributed by atoms with Gasteiger partial charge in [-0.25, -0.2) is 0 Å². The Morgan fingerprint density at radius 1 is 1.39 bits per heavy atom. The predicted molar refractivity (Wildman–Crippen MR) is 80.8 cm³/mol. The van der Waals surface area contributed by atoms with Crippen LogP contribution in [0.4, 0.5) is 0 Å². The summed E-state index contributed by atoms with van der Waals surface area (Å²) >= 11 is 15.1. The molecule has 5 heteroatoms. The van der Waals surface area contributed by atoms with E-state index in [9.17, 15) is 4.79 Å². The fourth-order valence-corrected chi connectivity index (χ4v) is 2.26. The van der Waals surface area contributed by atoms with Crippen LogP contribution in [0.15, 0.2) is 18.2 Å². The maximum absolute atomic E-state index is 11.8. The van der Waals surface area contributed by atoms with Crippen LogP contribution < -0.4 is 5.32 Å². The molecule has 18 heavy (non-hydrogen) atoms. The number of carbonyl (C=O) groups is 1. The Balaban J connectivity index is 2.46. The minimum Gasteiger partial charge on any atom is -0.353 e. The normalized spacial score (nSPS) is 12.2. The summed E-state index contributed by atoms with van der Waals surface area (Å²) in [6.07, 6.45) is 2.35. The second-order valence-electron chi connectivity index (χ2n) is 4.23. The zero-order chi connectivity index (χ0) is 13.5. The van der Waals surface area contributed by atoms with Crippen molar-refractivity contribution in [1.29, 1.82) is 0 Å². The average Bonchev–Trinajstić information content (AvgIpc) is 2.31. The lowest BCUT2D eigenvalue weighted by Crippen LogP contribution is -2.33. The summed E-state index contributed by atoms with van der Waals surface area (Å²) in [4.78, 5) is 11.8. The first-order valence-corrected chi connectivity index (χ1v) is 7.70. The van der Waals surface area contributed by atoms with E-state index in [0.717, 1.165) is 23.7 Å². The fraction of sp³-hybridized carbons (Fsp3) is 0.462. The molecule has 1 atom stereocenters. The smallest absolute Gasteiger partial charge is 0.224 e. The minimum atomic E-state index is 0.00969. The van der Waals surface area contributed by atoms with Crippen LogP contribution in [0.25, 0.3) is 0 Å². The van der Waals surface area contributed by atoms with Gasteiger partial charge in [-0.1, -0.05) is 45.2 Å². The van der Waals surface area contributed by atoms with Crippen LogP contribution in [-0.2, 0) is 11.2 Å². The summed E-state index contributed by atoms with van der Waals surface area (Å²) in [6.45, 7) is 2.01. The van der Waals surface area contributed by atoms with E-state index in [1.165, 1.54) is 0 Å². The van der Waals surface area contributed by atoms with E-state index in [-0.39, 0.29) is 11.9 Å². The van der Waals surface area contributed by atoms with Crippen molar-refractivity contribution in [3.8, 4) is 0 Å². The van der Waals surface area contributed by atoms with E-state index < -0.39 is 0 Å². The van der Waals surface area contributed by atoms with Crippen molar-refractivity contribution in [1.82, 2.24) is 5.32 Å². The van der Waals surface area contributed by atoms with E-state index in [2.05, 4.69) is 21.2 Å². The van der Waals surface area contributed by atoms with Crippen molar-refractivity contribution in [3.63, 3.8) is 0 Å². The third kappa shape index (κ3) is 5.59. The molecule has 0 aliphatic rings. The first kappa shape index (κ1) is 15.8. The molecular formula is C13H16BrCl2NO. The summed E-state index contributed by atoms with van der Waals surface area (Å²) in [5, 5.41) is 4.91. The van der Waals surface area contributed by atoms with Crippen molar-refractivity contribution in [2.75, 3.05) is 5.33 Å². The van der Waals surface area contributed by atoms with Gasteiger partial charge in [-0.15, -0.1) is 0 Å². The van der Waals surface area contributed by atoms with Gasteiger partial charge in [0.2, 0.25) is 5.91 Å². The molecule has 1 aromatic rings. The maximum Gasteiger partial charge on any atom is 0.224 e. The van der Waals surface area contributed by atoms with Gasteiger partial charge < -0.3 is 5.32 Å². The van der Waals surface area contributed by atoms with Gasteiger partial charge >= 0.3 is 0 Å². The molecular weight excluding hydrogens is 337 g/mol. The van der Waals surface area contributed by atoms with Gasteiger partial charge in [0, 0.05) is 11.4 Å². The summed E-state index contributed by atoms with van der Waals surface area (Å²) in [5.74, 6) is 0.00969. The molecule has 0 aromatic heterocycles. The Hall–Kier alpha value is -0.250. The number of hydrogen-bond donors (Lipinski definition) is 1. The zero-order valence-electron chi connectivity index (χ0n) is 10.2. The van der Waals surface area contributed by atoms with Crippen molar-refractivity contribution in [3.05, 3.63) is 33.8 Å². The third-order valence-corrected chi connectivity index (χ3v) is 3.83. The van der Waals surface area contributed by atoms with Gasteiger partial charge in [-0.3, -0.25) is 4.79 Å². The summed E-state index contributed by atoms with van der Waals surface area (Å²) in [5.41, 5.74) is 0.870. The van der Waals surface area contributed by atoms with Gasteiger partial charge in [0.1, 0.15) is 0 Å². The van der Waals surface area contributed by atoms with Crippen molar-refractivity contribution >= 4 is 45.0 Å². The van der Waals surface area contributed by atoms with E-state index >= 15 is 0 Å². The molecule has 0 radical (unpaired) electrons. The summed E-state index contributed by atoms with van der Waals surface area (Å²) in [7, 11) is 0. The molecule has 0 spiro atoms. The molecule has 2 nitrogen and oxygen atoms in total. The Kier molecular flexibility index (Phi) is 7.05. The number of carbonyl (C=O) groups excluding carboxylic acids is 1. The summed E-state index contributed by atoms with van der Waals surface area (Å²) < 4.78 is 0. The van der Waals surface area contributed by atoms with Crippen molar-refractivity contribution < 1.29 is 4.79 Å². The molecule has 0 aliphatic carbocycles. The molecule has 0 saturated heterocycles. The van der Waals surface area contributed by atoms with E-state index in [1.54, 1.807) is 12.1 Å². The van der Waals surface area contributed by atoms with Crippen molar-refractivity contribution in [2.45, 2.75) is 32.2 Å². The largest absolute Gasteiger partial charge is 0.353 e. The molecule has 0 fully saturated rings. The quantitative estimate of drug-likeness (QED) is 0.763. The Morgan fingerprint density at radius 3 is 2.72 bits per heavy atom. The lowest BCUT2D eigenvalue weighted by molar-refractivity contribution is -0.121. The molecule has 0 heterocycles. The first-order valence-electron chi connectivity index (χ1n) is 5.82. The number of rotatable bonds is 6. The lowest BCUT2D eigenvalue weighted by Gasteiger charge is -2.13. The molecule has 0 saturated carbocycles. The Morgan fingerprint density at radius 2 is 2.11 bits per heavy atom. The molecule has 1 aromatic carbocycles. The fourth-order valence-electron chi connectivity index (χ4n) is 1.62. The van der Waals surface area contributed by atoms with E-state index in [0.29, 0.717) is 16.5 Å². The standard InChI is InChI=1S/C13H16BrCl2NO/c1-9(3-2-6-14)17-13(18)8-10-4-5-11(15)12(16)7-10/h4-5,7,9H,2-3,6,8H2,1H3,(H,17,18). The number of amides is 1. The highest BCUT2D eigenvalue weighted by Crippen LogP contribution is 2.22. The summed E-state index contributed by atoms with van der Waals surface area (Å²) in [6, 6.07) is 5.45. The maximum atomic E-state index is 11.8. The second kappa shape index (κ2) is 8.03. The molecule has 0 bridgehead atoms. The van der Waals surface area contributed by atoms with Crippen LogP contribution in [0.3, 0.4) is 0 Å². The van der Waals surface area contributed by atoms with Gasteiger partial charge in [-0.2, -0.15) is 0 Å². The predicted octanol–water partition coefficient (Wildman–Crippen LogP) is 4.22. The Labute approximate surface area is 126 Å². The lowest BCUT2D eigenvalue weighted by atomic mass is 10.1. The van der Waals surface area contributed by atoms with Crippen LogP contribution in [0.1, 0.15) is 25.3 Å². The third-order valence-electron chi connectivity index (χ3n) is 2.53. The minimum absolute atomic E-state index is 0.00969. The highest BCUT2D eigenvalue weighted by atomic mass is 79.9. The number of halogens is 3. The first-order chi connectivity index (χ1) is 8.52. The van der Waals surface area contributed by atoms with Gasteiger partial charge in [0.25, 0.3) is 0 Å². The van der Waals surface area contributed by atoms with Crippen LogP contribution in [0.5, 0.6) is 0 Å². The highest BCUT2D eigenvalue weighted by molar-refractivity contribution is 9.09. The Bertz CT molecular complexity index is 412. The molecule has 100 valence electrons. The van der Waals surface area contributed by atoms with Crippen LogP contribution in [0.2, 0.25) is 10.0 Å². The average molecular weight is 353 g/mol. The van der Waals surface area contributed by atoms with Gasteiger partial charge in [0.15, 0.2) is 0 Å². The monoisotopic (exact) mass is 351 g/mol. The second-order valence-corrected chi connectivity index (χ2v) is 5.83. The van der Waals surface area contributed by atoms with Gasteiger partial charge in [-0.05, 0) is 37.5 Å². The van der Waals surface area contributed by atoms with Crippen LogP contribution >= 0.6 is 39.1 Å².